The lowest BCUT2D eigenvalue weighted by molar-refractivity contribution is -0.137. The lowest BCUT2D eigenvalue weighted by Gasteiger charge is -2.29. The van der Waals surface area contributed by atoms with Crippen LogP contribution in [-0.2, 0) is 17.5 Å². The Morgan fingerprint density at radius 2 is 1.94 bits per heavy atom. The molecule has 4 rings (SSSR count). The second-order valence-corrected chi connectivity index (χ2v) is 8.78. The fraction of sp³-hybridized carbons (Fsp3) is 0.364. The van der Waals surface area contributed by atoms with E-state index in [0.29, 0.717) is 5.52 Å². The van der Waals surface area contributed by atoms with E-state index in [1.165, 1.54) is 22.8 Å². The van der Waals surface area contributed by atoms with Crippen LogP contribution in [0.25, 0.3) is 11.0 Å². The highest BCUT2D eigenvalue weighted by Crippen LogP contribution is 2.38. The Kier molecular flexibility index (Phi) is 5.82. The summed E-state index contributed by atoms with van der Waals surface area (Å²) in [7, 11) is 0. The number of aliphatic hydroxyl groups excluding tert-OH is 1. The van der Waals surface area contributed by atoms with Gasteiger partial charge in [0.2, 0.25) is 0 Å². The van der Waals surface area contributed by atoms with Crippen LogP contribution in [0.2, 0.25) is 0 Å². The molecule has 1 amide bonds. The summed E-state index contributed by atoms with van der Waals surface area (Å²) in [4.78, 5) is 26.4. The monoisotopic (exact) mass is 480 g/mol. The number of amides is 1. The third-order valence-corrected chi connectivity index (χ3v) is 5.51. The van der Waals surface area contributed by atoms with Crippen molar-refractivity contribution < 1.29 is 32.9 Å². The van der Waals surface area contributed by atoms with Crippen molar-refractivity contribution in [3.05, 3.63) is 51.9 Å². The Morgan fingerprint density at radius 1 is 1.21 bits per heavy atom. The molecule has 0 saturated heterocycles. The van der Waals surface area contributed by atoms with Crippen LogP contribution >= 0.6 is 0 Å². The van der Waals surface area contributed by atoms with Gasteiger partial charge in [-0.2, -0.15) is 13.2 Å². The first-order valence-corrected chi connectivity index (χ1v) is 10.4. The van der Waals surface area contributed by atoms with Crippen LogP contribution in [0.3, 0.4) is 0 Å². The Bertz CT molecular complexity index is 1310. The normalized spacial score (nSPS) is 15.1. The topological polar surface area (TPSA) is 129 Å². The van der Waals surface area contributed by atoms with Gasteiger partial charge in [0.25, 0.3) is 5.91 Å². The van der Waals surface area contributed by atoms with Crippen molar-refractivity contribution in [2.24, 2.45) is 0 Å². The number of carbonyl (C=O) groups is 1. The minimum absolute atomic E-state index is 0.00444. The molecule has 0 saturated carbocycles. The molecule has 2 aromatic carbocycles. The zero-order chi connectivity index (χ0) is 24.8. The number of ether oxygens (including phenoxy) is 1. The van der Waals surface area contributed by atoms with E-state index in [1.54, 1.807) is 13.8 Å². The Labute approximate surface area is 191 Å². The SMILES string of the molecule is CC(C)(Cn1c(=O)[nH]c2cc(C(F)(F)F)ccc21)NC[C@H](O)c1cc(O)cc2c1OCC(=O)N2. The number of rotatable bonds is 6. The number of aromatic amines is 1. The van der Waals surface area contributed by atoms with Crippen molar-refractivity contribution in [2.45, 2.75) is 38.2 Å². The number of H-pyrrole nitrogens is 1. The number of aromatic hydroxyl groups is 1. The maximum absolute atomic E-state index is 13.0. The lowest BCUT2D eigenvalue weighted by atomic mass is 10.0. The first kappa shape index (κ1) is 23.6. The highest BCUT2D eigenvalue weighted by atomic mass is 19.4. The smallest absolute Gasteiger partial charge is 0.416 e. The molecule has 3 aromatic rings. The molecule has 1 atom stereocenters. The van der Waals surface area contributed by atoms with E-state index in [1.807, 2.05) is 0 Å². The molecule has 0 bridgehead atoms. The first-order valence-electron chi connectivity index (χ1n) is 10.4. The number of halogens is 3. The molecular weight excluding hydrogens is 457 g/mol. The van der Waals surface area contributed by atoms with Gasteiger partial charge in [0.15, 0.2) is 6.61 Å². The quantitative estimate of drug-likeness (QED) is 0.369. The molecule has 2 heterocycles. The highest BCUT2D eigenvalue weighted by Gasteiger charge is 2.31. The van der Waals surface area contributed by atoms with Crippen LogP contribution in [-0.4, -0.2) is 44.4 Å². The van der Waals surface area contributed by atoms with Crippen molar-refractivity contribution in [1.82, 2.24) is 14.9 Å². The largest absolute Gasteiger partial charge is 0.508 e. The molecule has 1 aliphatic heterocycles. The Morgan fingerprint density at radius 3 is 2.65 bits per heavy atom. The number of carbonyl (C=O) groups excluding carboxylic acids is 1. The van der Waals surface area contributed by atoms with Crippen LogP contribution in [0.15, 0.2) is 35.1 Å². The predicted molar refractivity (Wildman–Crippen MR) is 117 cm³/mol. The molecule has 0 spiro atoms. The van der Waals surface area contributed by atoms with Gasteiger partial charge in [-0.25, -0.2) is 4.79 Å². The molecule has 0 aliphatic carbocycles. The molecule has 12 heteroatoms. The number of β-amino-alcohol motifs (C(OH)–C–C–N with tert-alkyl or cyclic N) is 1. The standard InChI is InChI=1S/C22H23F3N4O5/c1-21(2,10-29-16-4-3-11(22(23,24)25)5-14(16)28-20(29)33)26-8-17(31)13-6-12(30)7-15-19(13)34-9-18(32)27-15/h3-7,17,26,30-31H,8-10H2,1-2H3,(H,27,32)(H,28,33)/t17-/m0/s1. The van der Waals surface area contributed by atoms with Crippen molar-refractivity contribution in [3.8, 4) is 11.5 Å². The molecule has 5 N–H and O–H groups in total. The van der Waals surface area contributed by atoms with Crippen molar-refractivity contribution in [3.63, 3.8) is 0 Å². The molecule has 9 nitrogen and oxygen atoms in total. The third kappa shape index (κ3) is 4.73. The van der Waals surface area contributed by atoms with E-state index in [-0.39, 0.29) is 53.9 Å². The van der Waals surface area contributed by atoms with E-state index in [2.05, 4.69) is 15.6 Å². The number of alkyl halides is 3. The van der Waals surface area contributed by atoms with Crippen LogP contribution in [0.4, 0.5) is 18.9 Å². The summed E-state index contributed by atoms with van der Waals surface area (Å²) in [6.07, 6.45) is -5.66. The fourth-order valence-corrected chi connectivity index (χ4v) is 3.89. The molecule has 0 fully saturated rings. The molecule has 182 valence electrons. The van der Waals surface area contributed by atoms with Crippen molar-refractivity contribution in [2.75, 3.05) is 18.5 Å². The van der Waals surface area contributed by atoms with Crippen LogP contribution in [0.1, 0.15) is 31.1 Å². The number of phenolic OH excluding ortho intramolecular Hbond substituents is 1. The Hall–Kier alpha value is -3.51. The van der Waals surface area contributed by atoms with E-state index in [0.717, 1.165) is 12.1 Å². The molecule has 0 unspecified atom stereocenters. The first-order chi connectivity index (χ1) is 15.8. The number of benzene rings is 2. The summed E-state index contributed by atoms with van der Waals surface area (Å²) in [5, 5.41) is 26.4. The number of nitrogens with one attached hydrogen (secondary N) is 3. The average molecular weight is 480 g/mol. The van der Waals surface area contributed by atoms with Gasteiger partial charge in [0.1, 0.15) is 11.5 Å². The minimum Gasteiger partial charge on any atom is -0.508 e. The second kappa shape index (κ2) is 8.37. The Balaban J connectivity index is 1.52. The van der Waals surface area contributed by atoms with Gasteiger partial charge in [-0.1, -0.05) is 0 Å². The number of imidazole rings is 1. The van der Waals surface area contributed by atoms with Gasteiger partial charge < -0.3 is 30.6 Å². The van der Waals surface area contributed by atoms with E-state index in [4.69, 9.17) is 4.74 Å². The highest BCUT2D eigenvalue weighted by molar-refractivity contribution is 5.96. The van der Waals surface area contributed by atoms with Crippen LogP contribution < -0.4 is 21.1 Å². The van der Waals surface area contributed by atoms with Crippen LogP contribution in [0, 0.1) is 0 Å². The minimum atomic E-state index is -4.53. The van der Waals surface area contributed by atoms with E-state index >= 15 is 0 Å². The number of fused-ring (bicyclic) bond motifs is 2. The number of aromatic nitrogens is 2. The van der Waals surface area contributed by atoms with Gasteiger partial charge in [-0.15, -0.1) is 0 Å². The predicted octanol–water partition coefficient (Wildman–Crippen LogP) is 2.49. The van der Waals surface area contributed by atoms with E-state index < -0.39 is 29.1 Å². The summed E-state index contributed by atoms with van der Waals surface area (Å²) in [6, 6.07) is 5.69. The molecule has 34 heavy (non-hydrogen) atoms. The molecule has 1 aliphatic rings. The van der Waals surface area contributed by atoms with Gasteiger partial charge in [0.05, 0.1) is 28.4 Å². The number of anilines is 1. The lowest BCUT2D eigenvalue weighted by Crippen LogP contribution is -2.46. The number of hydrogen-bond donors (Lipinski definition) is 5. The average Bonchev–Trinajstić information content (AvgIpc) is 3.04. The molecule has 0 radical (unpaired) electrons. The van der Waals surface area contributed by atoms with Crippen molar-refractivity contribution >= 4 is 22.6 Å². The summed E-state index contributed by atoms with van der Waals surface area (Å²) >= 11 is 0. The summed E-state index contributed by atoms with van der Waals surface area (Å²) in [5.41, 5.74) is -1.29. The maximum Gasteiger partial charge on any atom is 0.416 e. The van der Waals surface area contributed by atoms with Gasteiger partial charge in [-0.05, 0) is 38.1 Å². The number of phenols is 1. The maximum atomic E-state index is 13.0. The van der Waals surface area contributed by atoms with Gasteiger partial charge >= 0.3 is 11.9 Å². The second-order valence-electron chi connectivity index (χ2n) is 8.78. The summed E-state index contributed by atoms with van der Waals surface area (Å²) in [6.45, 7) is 3.40. The van der Waals surface area contributed by atoms with Crippen molar-refractivity contribution in [1.29, 1.82) is 0 Å². The van der Waals surface area contributed by atoms with Gasteiger partial charge in [-0.3, -0.25) is 9.36 Å². The summed E-state index contributed by atoms with van der Waals surface area (Å²) in [5.74, 6) is -0.302. The summed E-state index contributed by atoms with van der Waals surface area (Å²) < 4.78 is 45.7. The van der Waals surface area contributed by atoms with E-state index in [9.17, 15) is 33.0 Å². The van der Waals surface area contributed by atoms with Gasteiger partial charge in [0, 0.05) is 30.3 Å². The molecular formula is C22H23F3N4O5. The fourth-order valence-electron chi connectivity index (χ4n) is 3.89. The third-order valence-electron chi connectivity index (χ3n) is 5.51. The zero-order valence-corrected chi connectivity index (χ0v) is 18.3. The number of aliphatic hydroxyl groups is 1. The number of nitrogens with zero attached hydrogens (tertiary/aromatic N) is 1. The number of hydrogen-bond acceptors (Lipinski definition) is 6. The zero-order valence-electron chi connectivity index (χ0n) is 18.3. The van der Waals surface area contributed by atoms with Crippen LogP contribution in [0.5, 0.6) is 11.5 Å². The molecule has 1 aromatic heterocycles.